The van der Waals surface area contributed by atoms with Gasteiger partial charge in [0.2, 0.25) is 5.76 Å². The minimum absolute atomic E-state index is 0.165. The molecule has 0 spiro atoms. The van der Waals surface area contributed by atoms with Crippen molar-refractivity contribution in [1.82, 2.24) is 4.98 Å². The molecule has 19 heavy (non-hydrogen) atoms. The second-order valence-electron chi connectivity index (χ2n) is 3.92. The summed E-state index contributed by atoms with van der Waals surface area (Å²) in [6, 6.07) is 5.15. The number of aryl methyl sites for hydroxylation is 1. The molecule has 0 bridgehead atoms. The van der Waals surface area contributed by atoms with E-state index >= 15 is 0 Å². The van der Waals surface area contributed by atoms with Crippen LogP contribution in [-0.4, -0.2) is 23.2 Å². The first kappa shape index (κ1) is 12.9. The number of benzene rings is 1. The molecule has 0 aliphatic carbocycles. The number of hydrogen-bond donors (Lipinski definition) is 2. The number of rotatable bonds is 4. The highest BCUT2D eigenvalue weighted by Gasteiger charge is 2.20. The number of ether oxygens (including phenoxy) is 1. The highest BCUT2D eigenvalue weighted by Crippen LogP contribution is 2.29. The maximum absolute atomic E-state index is 11.1. The summed E-state index contributed by atoms with van der Waals surface area (Å²) in [7, 11) is 1.59. The Morgan fingerprint density at radius 2 is 2.26 bits per heavy atom. The van der Waals surface area contributed by atoms with E-state index in [9.17, 15) is 4.79 Å². The van der Waals surface area contributed by atoms with Gasteiger partial charge in [0.05, 0.1) is 7.11 Å². The average Bonchev–Trinajstić information content (AvgIpc) is 2.80. The van der Waals surface area contributed by atoms with E-state index in [4.69, 9.17) is 20.0 Å². The summed E-state index contributed by atoms with van der Waals surface area (Å²) >= 11 is 0. The Hall–Kier alpha value is -2.50. The van der Waals surface area contributed by atoms with Gasteiger partial charge >= 0.3 is 5.97 Å². The van der Waals surface area contributed by atoms with Crippen molar-refractivity contribution in [1.29, 1.82) is 0 Å². The summed E-state index contributed by atoms with van der Waals surface area (Å²) in [6.07, 6.45) is 0.757. The topological polar surface area (TPSA) is 98.6 Å². The van der Waals surface area contributed by atoms with Crippen LogP contribution in [0.3, 0.4) is 0 Å². The van der Waals surface area contributed by atoms with E-state index in [1.807, 2.05) is 13.0 Å². The van der Waals surface area contributed by atoms with Crippen LogP contribution in [-0.2, 0) is 6.42 Å². The Labute approximate surface area is 109 Å². The Bertz CT molecular complexity index is 619. The predicted octanol–water partition coefficient (Wildman–Crippen LogP) is 2.19. The van der Waals surface area contributed by atoms with Crippen molar-refractivity contribution in [2.75, 3.05) is 12.8 Å². The van der Waals surface area contributed by atoms with E-state index in [0.717, 1.165) is 17.7 Å². The molecule has 0 fully saturated rings. The van der Waals surface area contributed by atoms with Crippen LogP contribution >= 0.6 is 0 Å². The Morgan fingerprint density at radius 3 is 2.84 bits per heavy atom. The van der Waals surface area contributed by atoms with Gasteiger partial charge in [0.15, 0.2) is 0 Å². The molecule has 3 N–H and O–H groups in total. The van der Waals surface area contributed by atoms with Crippen molar-refractivity contribution < 1.29 is 19.1 Å². The fourth-order valence-electron chi connectivity index (χ4n) is 1.88. The number of anilines is 1. The first-order chi connectivity index (χ1) is 9.06. The molecule has 0 aliphatic heterocycles. The number of hydrogen-bond acceptors (Lipinski definition) is 5. The predicted molar refractivity (Wildman–Crippen MR) is 69.2 cm³/mol. The molecule has 6 nitrogen and oxygen atoms in total. The number of carboxylic acids is 1. The number of aromatic carboxylic acids is 1. The number of nitrogens with zero attached hydrogens (tertiary/aromatic N) is 1. The first-order valence-corrected chi connectivity index (χ1v) is 5.73. The van der Waals surface area contributed by atoms with Crippen LogP contribution in [0.1, 0.15) is 23.0 Å². The van der Waals surface area contributed by atoms with Gasteiger partial charge in [-0.05, 0) is 30.2 Å². The van der Waals surface area contributed by atoms with E-state index < -0.39 is 5.97 Å². The van der Waals surface area contributed by atoms with Crippen LogP contribution in [0.5, 0.6) is 5.75 Å². The fourth-order valence-corrected chi connectivity index (χ4v) is 1.88. The fraction of sp³-hybridized carbons (Fsp3) is 0.231. The SMILES string of the molecule is CCc1cc(-c2nc(N)oc2C(=O)O)ccc1OC. The smallest absolute Gasteiger partial charge is 0.374 e. The van der Waals surface area contributed by atoms with Gasteiger partial charge in [-0.25, -0.2) is 4.79 Å². The van der Waals surface area contributed by atoms with E-state index in [1.165, 1.54) is 0 Å². The number of oxazole rings is 1. The first-order valence-electron chi connectivity index (χ1n) is 5.73. The molecule has 6 heteroatoms. The van der Waals surface area contributed by atoms with E-state index in [2.05, 4.69) is 4.98 Å². The van der Waals surface area contributed by atoms with Crippen molar-refractivity contribution in [3.05, 3.63) is 29.5 Å². The van der Waals surface area contributed by atoms with Crippen molar-refractivity contribution in [3.63, 3.8) is 0 Å². The van der Waals surface area contributed by atoms with Crippen LogP contribution in [0, 0.1) is 0 Å². The largest absolute Gasteiger partial charge is 0.496 e. The zero-order valence-corrected chi connectivity index (χ0v) is 10.6. The molecule has 100 valence electrons. The van der Waals surface area contributed by atoms with Gasteiger partial charge in [0.1, 0.15) is 11.4 Å². The highest BCUT2D eigenvalue weighted by molar-refractivity contribution is 5.92. The highest BCUT2D eigenvalue weighted by atomic mass is 16.5. The molecule has 2 rings (SSSR count). The molecular formula is C13H14N2O4. The number of nitrogen functional groups attached to an aromatic ring is 1. The van der Waals surface area contributed by atoms with Gasteiger partial charge in [-0.1, -0.05) is 6.92 Å². The summed E-state index contributed by atoms with van der Waals surface area (Å²) in [6.45, 7) is 1.98. The molecule has 0 unspecified atom stereocenters. The monoisotopic (exact) mass is 262 g/mol. The molecule has 0 radical (unpaired) electrons. The second kappa shape index (κ2) is 5.01. The number of methoxy groups -OCH3 is 1. The Morgan fingerprint density at radius 1 is 1.53 bits per heavy atom. The maximum Gasteiger partial charge on any atom is 0.374 e. The number of carboxylic acid groups (broad SMARTS) is 1. The zero-order valence-electron chi connectivity index (χ0n) is 10.6. The van der Waals surface area contributed by atoms with Crippen molar-refractivity contribution >= 4 is 12.0 Å². The standard InChI is InChI=1S/C13H14N2O4/c1-3-7-6-8(4-5-9(7)18-2)10-11(12(16)17)19-13(14)15-10/h4-6H,3H2,1-2H3,(H2,14,15)(H,16,17). The lowest BCUT2D eigenvalue weighted by Gasteiger charge is -2.08. The van der Waals surface area contributed by atoms with Crippen LogP contribution < -0.4 is 10.5 Å². The van der Waals surface area contributed by atoms with E-state index in [0.29, 0.717) is 5.56 Å². The number of aromatic nitrogens is 1. The van der Waals surface area contributed by atoms with Gasteiger partial charge in [-0.2, -0.15) is 4.98 Å². The van der Waals surface area contributed by atoms with Gasteiger partial charge in [0, 0.05) is 5.56 Å². The lowest BCUT2D eigenvalue weighted by atomic mass is 10.0. The summed E-state index contributed by atoms with van der Waals surface area (Å²) in [5.74, 6) is -0.711. The molecule has 0 saturated carbocycles. The van der Waals surface area contributed by atoms with E-state index in [1.54, 1.807) is 19.2 Å². The molecular weight excluding hydrogens is 248 g/mol. The van der Waals surface area contributed by atoms with Crippen LogP contribution in [0.4, 0.5) is 6.01 Å². The molecule has 2 aromatic rings. The summed E-state index contributed by atoms with van der Waals surface area (Å²) in [5.41, 5.74) is 7.23. The van der Waals surface area contributed by atoms with Gasteiger partial charge in [-0.15, -0.1) is 0 Å². The summed E-state index contributed by atoms with van der Waals surface area (Å²) < 4.78 is 10.1. The normalized spacial score (nSPS) is 10.4. The second-order valence-corrected chi connectivity index (χ2v) is 3.92. The number of nitrogens with two attached hydrogens (primary N) is 1. The quantitative estimate of drug-likeness (QED) is 0.876. The summed E-state index contributed by atoms with van der Waals surface area (Å²) in [4.78, 5) is 15.0. The molecule has 1 aromatic carbocycles. The Kier molecular flexibility index (Phi) is 3.41. The molecule has 1 heterocycles. The van der Waals surface area contributed by atoms with Crippen LogP contribution in [0.15, 0.2) is 22.6 Å². The third kappa shape index (κ3) is 2.37. The number of carbonyl (C=O) groups is 1. The van der Waals surface area contributed by atoms with E-state index in [-0.39, 0.29) is 17.5 Å². The van der Waals surface area contributed by atoms with Gasteiger partial charge < -0.3 is 20.0 Å². The Balaban J connectivity index is 2.56. The van der Waals surface area contributed by atoms with Crippen LogP contribution in [0.25, 0.3) is 11.3 Å². The maximum atomic E-state index is 11.1. The average molecular weight is 262 g/mol. The molecule has 0 amide bonds. The van der Waals surface area contributed by atoms with Crippen molar-refractivity contribution in [2.45, 2.75) is 13.3 Å². The molecule has 0 saturated heterocycles. The van der Waals surface area contributed by atoms with Gasteiger partial charge in [0.25, 0.3) is 6.01 Å². The van der Waals surface area contributed by atoms with Gasteiger partial charge in [-0.3, -0.25) is 0 Å². The molecule has 0 aliphatic rings. The molecule has 0 atom stereocenters. The minimum Gasteiger partial charge on any atom is -0.496 e. The molecule has 1 aromatic heterocycles. The lowest BCUT2D eigenvalue weighted by molar-refractivity contribution is 0.0665. The minimum atomic E-state index is -1.20. The lowest BCUT2D eigenvalue weighted by Crippen LogP contribution is -1.98. The third-order valence-electron chi connectivity index (χ3n) is 2.77. The zero-order chi connectivity index (χ0) is 14.0. The van der Waals surface area contributed by atoms with Crippen LogP contribution in [0.2, 0.25) is 0 Å². The van der Waals surface area contributed by atoms with Crippen molar-refractivity contribution in [3.8, 4) is 17.0 Å². The third-order valence-corrected chi connectivity index (χ3v) is 2.77. The summed E-state index contributed by atoms with van der Waals surface area (Å²) in [5, 5.41) is 9.05. The van der Waals surface area contributed by atoms with Crippen molar-refractivity contribution in [2.24, 2.45) is 0 Å².